The van der Waals surface area contributed by atoms with Gasteiger partial charge >= 0.3 is 5.97 Å². The van der Waals surface area contributed by atoms with E-state index in [9.17, 15) is 4.79 Å². The molecule has 0 saturated heterocycles. The number of fused-ring (bicyclic) bond motifs is 1. The van der Waals surface area contributed by atoms with E-state index in [1.807, 2.05) is 24.4 Å². The number of carbonyl (C=O) groups is 1. The van der Waals surface area contributed by atoms with Gasteiger partial charge in [-0.15, -0.1) is 12.6 Å². The number of esters is 1. The average molecular weight is 398 g/mol. The van der Waals surface area contributed by atoms with E-state index in [1.54, 1.807) is 16.9 Å². The lowest BCUT2D eigenvalue weighted by Crippen LogP contribution is -2.27. The minimum Gasteiger partial charge on any atom is -0.469 e. The van der Waals surface area contributed by atoms with E-state index in [4.69, 9.17) is 9.72 Å². The van der Waals surface area contributed by atoms with E-state index in [2.05, 4.69) is 28.0 Å². The first-order chi connectivity index (χ1) is 13.7. The number of hydrogen-bond donors (Lipinski definition) is 2. The zero-order chi connectivity index (χ0) is 19.5. The smallest absolute Gasteiger partial charge is 0.309 e. The van der Waals surface area contributed by atoms with E-state index < -0.39 is 0 Å². The van der Waals surface area contributed by atoms with Crippen LogP contribution in [0, 0.1) is 5.92 Å². The maximum absolute atomic E-state index is 12.3. The Bertz CT molecular complexity index is 975. The van der Waals surface area contributed by atoms with Crippen LogP contribution in [-0.2, 0) is 16.1 Å². The molecule has 7 nitrogen and oxygen atoms in total. The van der Waals surface area contributed by atoms with Crippen LogP contribution in [-0.4, -0.2) is 32.7 Å². The third-order valence-electron chi connectivity index (χ3n) is 5.32. The molecule has 0 aliphatic heterocycles. The van der Waals surface area contributed by atoms with Crippen molar-refractivity contribution in [1.29, 1.82) is 0 Å². The molecule has 1 aliphatic rings. The molecule has 1 N–H and O–H groups in total. The van der Waals surface area contributed by atoms with Crippen LogP contribution in [0.15, 0.2) is 41.7 Å². The van der Waals surface area contributed by atoms with Crippen molar-refractivity contribution in [2.75, 3.05) is 12.4 Å². The van der Waals surface area contributed by atoms with Gasteiger partial charge < -0.3 is 10.1 Å². The number of anilines is 1. The Morgan fingerprint density at radius 1 is 1.36 bits per heavy atom. The first-order valence-corrected chi connectivity index (χ1v) is 9.90. The summed E-state index contributed by atoms with van der Waals surface area (Å²) in [6.45, 7) is 0.610. The standard InChI is InChI=1S/C20H23N5O2S/c1-27-20(26)15-7-3-2-6-14(15)16-9-18(22-11-13-5-4-8-21-10-13)25-19(24-16)17(28)12-23-25/h4-5,8-10,12,14-15,22,28H,2-3,6-7,11H2,1H3/t14-,15+/m1/s1. The van der Waals surface area contributed by atoms with Gasteiger partial charge in [0.1, 0.15) is 5.82 Å². The molecule has 2 atom stereocenters. The van der Waals surface area contributed by atoms with Crippen molar-refractivity contribution < 1.29 is 9.53 Å². The number of methoxy groups -OCH3 is 1. The number of nitrogens with zero attached hydrogens (tertiary/aromatic N) is 4. The molecule has 0 amide bonds. The molecule has 1 aliphatic carbocycles. The van der Waals surface area contributed by atoms with Crippen LogP contribution in [0.5, 0.6) is 0 Å². The Morgan fingerprint density at radius 3 is 3.00 bits per heavy atom. The number of nitrogens with one attached hydrogen (secondary N) is 1. The van der Waals surface area contributed by atoms with Crippen LogP contribution in [0.3, 0.4) is 0 Å². The summed E-state index contributed by atoms with van der Waals surface area (Å²) >= 11 is 4.50. The Labute approximate surface area is 168 Å². The minimum atomic E-state index is -0.161. The van der Waals surface area contributed by atoms with Crippen LogP contribution in [0.25, 0.3) is 5.65 Å². The quantitative estimate of drug-likeness (QED) is 0.507. The van der Waals surface area contributed by atoms with Gasteiger partial charge in [-0.3, -0.25) is 9.78 Å². The van der Waals surface area contributed by atoms with Gasteiger partial charge in [-0.2, -0.15) is 9.61 Å². The van der Waals surface area contributed by atoms with Crippen molar-refractivity contribution in [3.8, 4) is 0 Å². The summed E-state index contributed by atoms with van der Waals surface area (Å²) in [6.07, 6.45) is 9.13. The highest BCUT2D eigenvalue weighted by Crippen LogP contribution is 2.39. The summed E-state index contributed by atoms with van der Waals surface area (Å²) in [5.41, 5.74) is 2.63. The van der Waals surface area contributed by atoms with Gasteiger partial charge in [0, 0.05) is 30.9 Å². The molecule has 0 bridgehead atoms. The normalized spacial score (nSPS) is 19.5. The van der Waals surface area contributed by atoms with Crippen molar-refractivity contribution in [2.45, 2.75) is 43.0 Å². The number of aromatic nitrogens is 4. The van der Waals surface area contributed by atoms with Crippen LogP contribution in [0.1, 0.15) is 42.9 Å². The molecular formula is C20H23N5O2S. The average Bonchev–Trinajstić information content (AvgIpc) is 3.13. The SMILES string of the molecule is COC(=O)[C@H]1CCCC[C@H]1c1cc(NCc2cccnc2)n2ncc(S)c2n1. The van der Waals surface area contributed by atoms with Crippen LogP contribution < -0.4 is 5.32 Å². The van der Waals surface area contributed by atoms with Crippen molar-refractivity contribution in [2.24, 2.45) is 5.92 Å². The van der Waals surface area contributed by atoms with Crippen molar-refractivity contribution >= 4 is 30.1 Å². The Balaban J connectivity index is 1.70. The van der Waals surface area contributed by atoms with Gasteiger partial charge in [-0.05, 0) is 24.5 Å². The lowest BCUT2D eigenvalue weighted by atomic mass is 9.77. The molecule has 1 saturated carbocycles. The van der Waals surface area contributed by atoms with Gasteiger partial charge in [0.25, 0.3) is 0 Å². The second-order valence-electron chi connectivity index (χ2n) is 7.07. The number of carbonyl (C=O) groups excluding carboxylic acids is 1. The topological polar surface area (TPSA) is 81.4 Å². The Kier molecular flexibility index (Phi) is 5.47. The van der Waals surface area contributed by atoms with E-state index in [0.29, 0.717) is 17.1 Å². The fraction of sp³-hybridized carbons (Fsp3) is 0.400. The molecule has 4 rings (SSSR count). The maximum atomic E-state index is 12.3. The van der Waals surface area contributed by atoms with Crippen molar-refractivity contribution in [3.63, 3.8) is 0 Å². The first-order valence-electron chi connectivity index (χ1n) is 9.45. The molecule has 8 heteroatoms. The van der Waals surface area contributed by atoms with Crippen LogP contribution >= 0.6 is 12.6 Å². The predicted molar refractivity (Wildman–Crippen MR) is 109 cm³/mol. The predicted octanol–water partition coefficient (Wildman–Crippen LogP) is 3.47. The van der Waals surface area contributed by atoms with Gasteiger partial charge in [0.15, 0.2) is 5.65 Å². The number of hydrogen-bond acceptors (Lipinski definition) is 7. The monoisotopic (exact) mass is 397 g/mol. The highest BCUT2D eigenvalue weighted by molar-refractivity contribution is 7.80. The molecule has 3 aromatic rings. The van der Waals surface area contributed by atoms with Crippen LogP contribution in [0.4, 0.5) is 5.82 Å². The van der Waals surface area contributed by atoms with Gasteiger partial charge in [-0.25, -0.2) is 4.98 Å². The number of pyridine rings is 1. The lowest BCUT2D eigenvalue weighted by Gasteiger charge is -2.29. The molecule has 3 heterocycles. The fourth-order valence-corrected chi connectivity index (χ4v) is 4.10. The molecule has 1 fully saturated rings. The van der Waals surface area contributed by atoms with Crippen molar-refractivity contribution in [1.82, 2.24) is 19.6 Å². The summed E-state index contributed by atoms with van der Waals surface area (Å²) in [5, 5.41) is 7.82. The Hall–Kier alpha value is -2.61. The van der Waals surface area contributed by atoms with Crippen molar-refractivity contribution in [3.05, 3.63) is 48.0 Å². The maximum Gasteiger partial charge on any atom is 0.309 e. The molecule has 146 valence electrons. The van der Waals surface area contributed by atoms with E-state index in [1.165, 1.54) is 7.11 Å². The fourth-order valence-electron chi connectivity index (χ4n) is 3.90. The second-order valence-corrected chi connectivity index (χ2v) is 7.55. The lowest BCUT2D eigenvalue weighted by molar-refractivity contribution is -0.147. The zero-order valence-corrected chi connectivity index (χ0v) is 16.6. The zero-order valence-electron chi connectivity index (χ0n) is 15.7. The summed E-state index contributed by atoms with van der Waals surface area (Å²) in [4.78, 5) is 22.0. The molecule has 0 radical (unpaired) electrons. The summed E-state index contributed by atoms with van der Waals surface area (Å²) in [6, 6.07) is 5.92. The van der Waals surface area contributed by atoms with Crippen LogP contribution in [0.2, 0.25) is 0 Å². The third kappa shape index (κ3) is 3.69. The van der Waals surface area contributed by atoms with Gasteiger partial charge in [0.05, 0.1) is 29.8 Å². The van der Waals surface area contributed by atoms with E-state index >= 15 is 0 Å². The number of ether oxygens (including phenoxy) is 1. The molecule has 0 spiro atoms. The van der Waals surface area contributed by atoms with E-state index in [-0.39, 0.29) is 17.8 Å². The molecule has 0 unspecified atom stereocenters. The summed E-state index contributed by atoms with van der Waals surface area (Å²) < 4.78 is 6.80. The highest BCUT2D eigenvalue weighted by Gasteiger charge is 2.34. The molecule has 3 aromatic heterocycles. The minimum absolute atomic E-state index is 0.0350. The second kappa shape index (κ2) is 8.18. The van der Waals surface area contributed by atoms with Gasteiger partial charge in [0.2, 0.25) is 0 Å². The number of rotatable bonds is 5. The molecule has 28 heavy (non-hydrogen) atoms. The molecule has 0 aromatic carbocycles. The summed E-state index contributed by atoms with van der Waals surface area (Å²) in [5.74, 6) is 0.535. The highest BCUT2D eigenvalue weighted by atomic mass is 32.1. The Morgan fingerprint density at radius 2 is 2.21 bits per heavy atom. The van der Waals surface area contributed by atoms with E-state index in [0.717, 1.165) is 42.8 Å². The number of thiol groups is 1. The first kappa shape index (κ1) is 18.7. The van der Waals surface area contributed by atoms with Gasteiger partial charge in [-0.1, -0.05) is 18.9 Å². The largest absolute Gasteiger partial charge is 0.469 e. The molecular weight excluding hydrogens is 374 g/mol. The third-order valence-corrected chi connectivity index (χ3v) is 5.63. The summed E-state index contributed by atoms with van der Waals surface area (Å²) in [7, 11) is 1.45.